The van der Waals surface area contributed by atoms with Gasteiger partial charge in [0.25, 0.3) is 0 Å². The van der Waals surface area contributed by atoms with Crippen LogP contribution in [-0.2, 0) is 10.3 Å². The third-order valence-electron chi connectivity index (χ3n) is 7.05. The van der Waals surface area contributed by atoms with E-state index in [9.17, 15) is 5.11 Å². The van der Waals surface area contributed by atoms with Crippen molar-refractivity contribution in [2.75, 3.05) is 13.2 Å². The zero-order valence-electron chi connectivity index (χ0n) is 17.7. The highest BCUT2D eigenvalue weighted by Crippen LogP contribution is 2.36. The van der Waals surface area contributed by atoms with Crippen LogP contribution in [-0.4, -0.2) is 24.4 Å². The van der Waals surface area contributed by atoms with Gasteiger partial charge in [0.1, 0.15) is 5.60 Å². The lowest BCUT2D eigenvalue weighted by atomic mass is 9.80. The van der Waals surface area contributed by atoms with Crippen molar-refractivity contribution in [2.45, 2.75) is 56.2 Å². The summed E-state index contributed by atoms with van der Waals surface area (Å²) in [6.07, 6.45) is 4.90. The molecule has 156 valence electrons. The molecule has 0 radical (unpaired) electrons. The van der Waals surface area contributed by atoms with Crippen LogP contribution in [0.3, 0.4) is 0 Å². The number of benzene rings is 3. The summed E-state index contributed by atoms with van der Waals surface area (Å²) in [6.45, 7) is 3.11. The largest absolute Gasteiger partial charge is 0.380 e. The first-order valence-corrected chi connectivity index (χ1v) is 11.3. The predicted octanol–water partition coefficient (Wildman–Crippen LogP) is 5.43. The van der Waals surface area contributed by atoms with Crippen LogP contribution in [0.4, 0.5) is 0 Å². The van der Waals surface area contributed by atoms with Crippen molar-refractivity contribution in [1.29, 1.82) is 0 Å². The van der Waals surface area contributed by atoms with Gasteiger partial charge >= 0.3 is 0 Å². The van der Waals surface area contributed by atoms with Crippen LogP contribution in [0.1, 0.15) is 61.3 Å². The molecule has 1 aliphatic heterocycles. The maximum absolute atomic E-state index is 10.5. The molecule has 5 rings (SSSR count). The molecular weight excluding hydrogens is 370 g/mol. The zero-order valence-corrected chi connectivity index (χ0v) is 17.7. The van der Waals surface area contributed by atoms with Crippen molar-refractivity contribution in [3.8, 4) is 0 Å². The summed E-state index contributed by atoms with van der Waals surface area (Å²) in [7, 11) is 0. The predicted molar refractivity (Wildman–Crippen MR) is 122 cm³/mol. The van der Waals surface area contributed by atoms with Crippen LogP contribution in [0.15, 0.2) is 66.7 Å². The van der Waals surface area contributed by atoms with Crippen molar-refractivity contribution >= 4 is 10.8 Å². The molecule has 3 aromatic rings. The first-order chi connectivity index (χ1) is 14.6. The molecule has 3 aromatic carbocycles. The number of hydrogen-bond acceptors (Lipinski definition) is 3. The van der Waals surface area contributed by atoms with E-state index >= 15 is 0 Å². The Labute approximate surface area is 179 Å². The normalized spacial score (nSPS) is 24.3. The summed E-state index contributed by atoms with van der Waals surface area (Å²) in [5.74, 6) is 0.581. The second-order valence-electron chi connectivity index (χ2n) is 9.16. The number of nitrogens with one attached hydrogen (secondary N) is 1. The Kier molecular flexibility index (Phi) is 5.36. The van der Waals surface area contributed by atoms with Gasteiger partial charge in [-0.1, -0.05) is 73.2 Å². The average Bonchev–Trinajstić information content (AvgIpc) is 2.77. The van der Waals surface area contributed by atoms with Gasteiger partial charge in [0.2, 0.25) is 0 Å². The van der Waals surface area contributed by atoms with Crippen molar-refractivity contribution < 1.29 is 9.84 Å². The molecule has 1 saturated carbocycles. The third kappa shape index (κ3) is 3.78. The molecule has 0 bridgehead atoms. The Morgan fingerprint density at radius 1 is 0.967 bits per heavy atom. The van der Waals surface area contributed by atoms with Gasteiger partial charge in [0.15, 0.2) is 0 Å². The first-order valence-electron chi connectivity index (χ1n) is 11.3. The molecule has 2 fully saturated rings. The first kappa shape index (κ1) is 19.7. The number of hydrogen-bond donors (Lipinski definition) is 2. The Bertz CT molecular complexity index is 1000. The van der Waals surface area contributed by atoms with Crippen LogP contribution in [0, 0.1) is 0 Å². The van der Waals surface area contributed by atoms with Gasteiger partial charge in [-0.05, 0) is 59.6 Å². The summed E-state index contributed by atoms with van der Waals surface area (Å²) in [6, 6.07) is 24.8. The molecule has 0 spiro atoms. The second-order valence-corrected chi connectivity index (χ2v) is 9.16. The fourth-order valence-electron chi connectivity index (χ4n) is 5.24. The minimum absolute atomic E-state index is 0.329. The molecule has 3 heteroatoms. The summed E-state index contributed by atoms with van der Waals surface area (Å²) in [5.41, 5.74) is 2.98. The maximum atomic E-state index is 10.5. The quantitative estimate of drug-likeness (QED) is 0.599. The van der Waals surface area contributed by atoms with Crippen molar-refractivity contribution in [3.05, 3.63) is 83.4 Å². The van der Waals surface area contributed by atoms with E-state index in [-0.39, 0.29) is 0 Å². The Balaban J connectivity index is 1.27. The molecule has 0 amide bonds. The van der Waals surface area contributed by atoms with E-state index in [1.54, 1.807) is 0 Å². The van der Waals surface area contributed by atoms with Gasteiger partial charge in [0.05, 0.1) is 13.2 Å². The van der Waals surface area contributed by atoms with E-state index < -0.39 is 5.60 Å². The molecule has 1 aliphatic carbocycles. The summed E-state index contributed by atoms with van der Waals surface area (Å²) in [5, 5.41) is 17.1. The van der Waals surface area contributed by atoms with Crippen LogP contribution in [0.2, 0.25) is 0 Å². The highest BCUT2D eigenvalue weighted by molar-refractivity contribution is 5.86. The molecule has 0 unspecified atom stereocenters. The third-order valence-corrected chi connectivity index (χ3v) is 7.05. The van der Waals surface area contributed by atoms with Crippen LogP contribution >= 0.6 is 0 Å². The zero-order chi connectivity index (χ0) is 20.6. The van der Waals surface area contributed by atoms with Gasteiger partial charge in [-0.2, -0.15) is 0 Å². The number of ether oxygens (including phenoxy) is 1. The van der Waals surface area contributed by atoms with E-state index in [4.69, 9.17) is 4.74 Å². The lowest BCUT2D eigenvalue weighted by Crippen LogP contribution is -2.46. The lowest BCUT2D eigenvalue weighted by molar-refractivity contribution is -0.184. The van der Waals surface area contributed by atoms with Crippen molar-refractivity contribution in [1.82, 2.24) is 5.32 Å². The molecule has 2 N–H and O–H groups in total. The van der Waals surface area contributed by atoms with E-state index in [1.807, 2.05) is 0 Å². The summed E-state index contributed by atoms with van der Waals surface area (Å²) >= 11 is 0. The van der Waals surface area contributed by atoms with Crippen LogP contribution in [0.5, 0.6) is 0 Å². The van der Waals surface area contributed by atoms with Crippen molar-refractivity contribution in [3.63, 3.8) is 0 Å². The summed E-state index contributed by atoms with van der Waals surface area (Å²) < 4.78 is 5.19. The fourth-order valence-corrected chi connectivity index (χ4v) is 5.24. The monoisotopic (exact) mass is 401 g/mol. The Morgan fingerprint density at radius 2 is 1.73 bits per heavy atom. The van der Waals surface area contributed by atoms with Gasteiger partial charge in [-0.25, -0.2) is 0 Å². The minimum atomic E-state index is -0.775. The number of rotatable bonds is 5. The topological polar surface area (TPSA) is 41.5 Å². The molecular formula is C27H31NO2. The average molecular weight is 402 g/mol. The highest BCUT2D eigenvalue weighted by atomic mass is 16.5. The van der Waals surface area contributed by atoms with Crippen molar-refractivity contribution in [2.24, 2.45) is 0 Å². The molecule has 1 saturated heterocycles. The standard InChI is InChI=1S/C27H31NO2/c1-19(25-11-5-7-21-6-2-3-10-26(21)25)28-24-9-4-8-22(16-24)20-12-14-23(15-13-20)27(29)17-30-18-27/h2-3,5-7,10-15,19,22,24,28-29H,4,8-9,16-18H2,1H3/t19-,22+,24+/m1/s1. The maximum Gasteiger partial charge on any atom is 0.136 e. The van der Waals surface area contributed by atoms with E-state index in [0.29, 0.717) is 31.2 Å². The molecule has 3 atom stereocenters. The highest BCUT2D eigenvalue weighted by Gasteiger charge is 2.38. The minimum Gasteiger partial charge on any atom is -0.380 e. The lowest BCUT2D eigenvalue weighted by Gasteiger charge is -2.37. The Morgan fingerprint density at radius 3 is 2.50 bits per heavy atom. The molecule has 1 heterocycles. The molecule has 3 nitrogen and oxygen atoms in total. The van der Waals surface area contributed by atoms with Gasteiger partial charge in [0, 0.05) is 12.1 Å². The SMILES string of the molecule is C[C@@H](N[C@H]1CCC[C@H](c2ccc(C3(O)COC3)cc2)C1)c1cccc2ccccc12. The van der Waals surface area contributed by atoms with Gasteiger partial charge < -0.3 is 15.2 Å². The Hall–Kier alpha value is -2.20. The molecule has 30 heavy (non-hydrogen) atoms. The van der Waals surface area contributed by atoms with Gasteiger partial charge in [-0.15, -0.1) is 0 Å². The van der Waals surface area contributed by atoms with Crippen LogP contribution in [0.25, 0.3) is 10.8 Å². The number of fused-ring (bicyclic) bond motifs is 1. The number of aliphatic hydroxyl groups is 1. The van der Waals surface area contributed by atoms with E-state index in [0.717, 1.165) is 5.56 Å². The smallest absolute Gasteiger partial charge is 0.136 e. The fraction of sp³-hybridized carbons (Fsp3) is 0.407. The molecule has 2 aliphatic rings. The van der Waals surface area contributed by atoms with E-state index in [2.05, 4.69) is 79.0 Å². The molecule has 0 aromatic heterocycles. The van der Waals surface area contributed by atoms with Crippen LogP contribution < -0.4 is 5.32 Å². The van der Waals surface area contributed by atoms with Gasteiger partial charge in [-0.3, -0.25) is 0 Å². The van der Waals surface area contributed by atoms with E-state index in [1.165, 1.54) is 47.6 Å². The summed E-state index contributed by atoms with van der Waals surface area (Å²) in [4.78, 5) is 0. The second kappa shape index (κ2) is 8.14.